The summed E-state index contributed by atoms with van der Waals surface area (Å²) in [5, 5.41) is 10.4. The molecule has 1 aliphatic rings. The van der Waals surface area contributed by atoms with Crippen LogP contribution in [0.4, 0.5) is 0 Å². The van der Waals surface area contributed by atoms with Crippen LogP contribution in [0.1, 0.15) is 25.5 Å². The summed E-state index contributed by atoms with van der Waals surface area (Å²) >= 11 is 2.78. The van der Waals surface area contributed by atoms with Gasteiger partial charge in [-0.1, -0.05) is 11.8 Å². The summed E-state index contributed by atoms with van der Waals surface area (Å²) in [5.41, 5.74) is 0.557. The fraction of sp³-hybridized carbons (Fsp3) is 0.583. The van der Waals surface area contributed by atoms with Crippen molar-refractivity contribution in [1.82, 2.24) is 9.88 Å². The molecule has 0 spiro atoms. The van der Waals surface area contributed by atoms with Gasteiger partial charge in [-0.2, -0.15) is 0 Å². The number of hydrogen-bond donors (Lipinski definition) is 1. The molecule has 1 saturated carbocycles. The molecule has 1 amide bonds. The van der Waals surface area contributed by atoms with Crippen molar-refractivity contribution in [2.45, 2.75) is 36.6 Å². The van der Waals surface area contributed by atoms with E-state index in [1.165, 1.54) is 23.1 Å². The molecule has 0 unspecified atom stereocenters. The fourth-order valence-electron chi connectivity index (χ4n) is 1.82. The number of amides is 1. The minimum atomic E-state index is -0.885. The lowest BCUT2D eigenvalue weighted by molar-refractivity contribution is -0.136. The van der Waals surface area contributed by atoms with Gasteiger partial charge in [0.15, 0.2) is 4.34 Å². The van der Waals surface area contributed by atoms with E-state index in [4.69, 9.17) is 5.11 Å². The van der Waals surface area contributed by atoms with Crippen LogP contribution in [0.15, 0.2) is 9.72 Å². The smallest absolute Gasteiger partial charge is 0.309 e. The second kappa shape index (κ2) is 6.38. The van der Waals surface area contributed by atoms with Gasteiger partial charge >= 0.3 is 5.97 Å². The van der Waals surface area contributed by atoms with E-state index in [-0.39, 0.29) is 12.3 Å². The number of aliphatic carboxylic acids is 1. The molecule has 0 aromatic carbocycles. The average molecular weight is 300 g/mol. The summed E-state index contributed by atoms with van der Waals surface area (Å²) in [6.45, 7) is 2.75. The monoisotopic (exact) mass is 300 g/mol. The summed E-state index contributed by atoms with van der Waals surface area (Å²) in [6.07, 6.45) is 2.17. The number of carboxylic acids is 1. The van der Waals surface area contributed by atoms with E-state index >= 15 is 0 Å². The highest BCUT2D eigenvalue weighted by Gasteiger charge is 2.31. The van der Waals surface area contributed by atoms with Crippen molar-refractivity contribution in [2.24, 2.45) is 0 Å². The third-order valence-electron chi connectivity index (χ3n) is 2.83. The van der Waals surface area contributed by atoms with Gasteiger partial charge in [0, 0.05) is 18.0 Å². The maximum absolute atomic E-state index is 12.0. The van der Waals surface area contributed by atoms with Gasteiger partial charge in [-0.05, 0) is 19.8 Å². The van der Waals surface area contributed by atoms with Crippen LogP contribution in [-0.4, -0.2) is 45.2 Å². The number of carbonyl (C=O) groups is 2. The van der Waals surface area contributed by atoms with Crippen LogP contribution in [0.3, 0.4) is 0 Å². The van der Waals surface area contributed by atoms with Gasteiger partial charge in [-0.3, -0.25) is 9.59 Å². The topological polar surface area (TPSA) is 70.5 Å². The predicted molar refractivity (Wildman–Crippen MR) is 74.6 cm³/mol. The predicted octanol–water partition coefficient (Wildman–Crippen LogP) is 1.87. The van der Waals surface area contributed by atoms with Gasteiger partial charge in [0.05, 0.1) is 17.9 Å². The molecule has 1 aliphatic carbocycles. The van der Waals surface area contributed by atoms with E-state index in [1.807, 2.05) is 11.8 Å². The normalized spacial score (nSPS) is 14.4. The van der Waals surface area contributed by atoms with Crippen molar-refractivity contribution >= 4 is 35.0 Å². The highest BCUT2D eigenvalue weighted by molar-refractivity contribution is 8.01. The second-order valence-electron chi connectivity index (χ2n) is 4.37. The van der Waals surface area contributed by atoms with E-state index in [1.54, 1.807) is 5.38 Å². The third-order valence-corrected chi connectivity index (χ3v) is 4.89. The van der Waals surface area contributed by atoms with E-state index in [0.29, 0.717) is 17.5 Å². The maximum atomic E-state index is 12.0. The lowest BCUT2D eigenvalue weighted by Crippen LogP contribution is -2.34. The summed E-state index contributed by atoms with van der Waals surface area (Å²) in [4.78, 5) is 28.7. The van der Waals surface area contributed by atoms with Gasteiger partial charge in [0.25, 0.3) is 0 Å². The fourth-order valence-corrected chi connectivity index (χ4v) is 3.55. The van der Waals surface area contributed by atoms with Gasteiger partial charge in [0.2, 0.25) is 5.91 Å². The van der Waals surface area contributed by atoms with Crippen molar-refractivity contribution in [3.63, 3.8) is 0 Å². The lowest BCUT2D eigenvalue weighted by atomic mass is 10.3. The van der Waals surface area contributed by atoms with Crippen LogP contribution in [0.2, 0.25) is 0 Å². The van der Waals surface area contributed by atoms with Crippen molar-refractivity contribution in [3.8, 4) is 0 Å². The van der Waals surface area contributed by atoms with E-state index < -0.39 is 5.97 Å². The first kappa shape index (κ1) is 14.3. The number of aromatic nitrogens is 1. The molecule has 7 heteroatoms. The summed E-state index contributed by atoms with van der Waals surface area (Å²) < 4.78 is 0.761. The number of hydrogen-bond acceptors (Lipinski definition) is 5. The first-order valence-electron chi connectivity index (χ1n) is 6.18. The van der Waals surface area contributed by atoms with E-state index in [9.17, 15) is 9.59 Å². The van der Waals surface area contributed by atoms with Crippen molar-refractivity contribution in [2.75, 3.05) is 12.3 Å². The largest absolute Gasteiger partial charge is 0.481 e. The molecule has 104 valence electrons. The second-order valence-corrected chi connectivity index (χ2v) is 6.46. The highest BCUT2D eigenvalue weighted by atomic mass is 32.2. The molecule has 1 fully saturated rings. The highest BCUT2D eigenvalue weighted by Crippen LogP contribution is 2.28. The van der Waals surface area contributed by atoms with Crippen LogP contribution in [-0.2, 0) is 16.0 Å². The molecule has 0 saturated heterocycles. The van der Waals surface area contributed by atoms with Crippen molar-refractivity contribution < 1.29 is 14.7 Å². The van der Waals surface area contributed by atoms with Gasteiger partial charge in [-0.15, -0.1) is 11.3 Å². The first-order chi connectivity index (χ1) is 9.10. The Balaban J connectivity index is 1.82. The van der Waals surface area contributed by atoms with Crippen molar-refractivity contribution in [3.05, 3.63) is 11.1 Å². The number of nitrogens with zero attached hydrogens (tertiary/aromatic N) is 2. The summed E-state index contributed by atoms with van der Waals surface area (Å²) in [7, 11) is 0. The zero-order chi connectivity index (χ0) is 13.8. The average Bonchev–Trinajstić information content (AvgIpc) is 3.08. The minimum Gasteiger partial charge on any atom is -0.481 e. The Morgan fingerprint density at radius 1 is 1.58 bits per heavy atom. The molecule has 1 heterocycles. The minimum absolute atomic E-state index is 0.0613. The molecule has 1 N–H and O–H groups in total. The van der Waals surface area contributed by atoms with Crippen LogP contribution < -0.4 is 0 Å². The van der Waals surface area contributed by atoms with Crippen molar-refractivity contribution in [1.29, 1.82) is 0 Å². The third kappa shape index (κ3) is 4.21. The van der Waals surface area contributed by atoms with Gasteiger partial charge in [-0.25, -0.2) is 4.98 Å². The van der Waals surface area contributed by atoms with Gasteiger partial charge in [0.1, 0.15) is 0 Å². The van der Waals surface area contributed by atoms with Crippen LogP contribution in [0.5, 0.6) is 0 Å². The Kier molecular flexibility index (Phi) is 4.81. The molecule has 0 atom stereocenters. The number of carbonyl (C=O) groups excluding carboxylic acids is 1. The van der Waals surface area contributed by atoms with Crippen LogP contribution in [0, 0.1) is 0 Å². The standard InChI is InChI=1S/C12H16N2O3S2/c1-2-14(9-3-4-9)10(15)7-19-12-13-8(6-18-12)5-11(16)17/h6,9H,2-5,7H2,1H3,(H,16,17). The molecule has 0 aliphatic heterocycles. The molecule has 19 heavy (non-hydrogen) atoms. The number of thioether (sulfide) groups is 1. The quantitative estimate of drug-likeness (QED) is 0.778. The Morgan fingerprint density at radius 3 is 2.89 bits per heavy atom. The number of rotatable bonds is 7. The number of carboxylic acid groups (broad SMARTS) is 1. The van der Waals surface area contributed by atoms with E-state index in [2.05, 4.69) is 4.98 Å². The Labute approximate surface area is 120 Å². The number of thiazole rings is 1. The zero-order valence-corrected chi connectivity index (χ0v) is 12.3. The Bertz CT molecular complexity index is 471. The molecular formula is C12H16N2O3S2. The molecule has 2 rings (SSSR count). The zero-order valence-electron chi connectivity index (χ0n) is 10.7. The van der Waals surface area contributed by atoms with E-state index in [0.717, 1.165) is 23.7 Å². The first-order valence-corrected chi connectivity index (χ1v) is 8.05. The Morgan fingerprint density at radius 2 is 2.32 bits per heavy atom. The maximum Gasteiger partial charge on any atom is 0.309 e. The molecule has 5 nitrogen and oxygen atoms in total. The van der Waals surface area contributed by atoms with Gasteiger partial charge < -0.3 is 10.0 Å². The van der Waals surface area contributed by atoms with Crippen LogP contribution >= 0.6 is 23.1 Å². The molecule has 1 aromatic heterocycles. The molecule has 0 bridgehead atoms. The molecule has 0 radical (unpaired) electrons. The summed E-state index contributed by atoms with van der Waals surface area (Å²) in [5.74, 6) is -0.363. The molecular weight excluding hydrogens is 284 g/mol. The Hall–Kier alpha value is -1.08. The lowest BCUT2D eigenvalue weighted by Gasteiger charge is -2.19. The molecule has 1 aromatic rings. The van der Waals surface area contributed by atoms with Crippen LogP contribution in [0.25, 0.3) is 0 Å². The SMILES string of the molecule is CCN(C(=O)CSc1nc(CC(=O)O)cs1)C1CC1. The summed E-state index contributed by atoms with van der Waals surface area (Å²) in [6, 6.07) is 0.442.